The maximum absolute atomic E-state index is 11.1. The summed E-state index contributed by atoms with van der Waals surface area (Å²) in [6.07, 6.45) is 0.717. The summed E-state index contributed by atoms with van der Waals surface area (Å²) < 4.78 is 22.3. The lowest BCUT2D eigenvalue weighted by molar-refractivity contribution is 0.0544. The summed E-state index contributed by atoms with van der Waals surface area (Å²) >= 11 is 0. The van der Waals surface area contributed by atoms with Gasteiger partial charge >= 0.3 is 0 Å². The first-order valence-corrected chi connectivity index (χ1v) is 6.93. The minimum Gasteiger partial charge on any atom is -0.396 e. The molecule has 0 aromatic rings. The molecule has 1 fully saturated rings. The molecule has 84 valence electrons. The van der Waals surface area contributed by atoms with Gasteiger partial charge in [-0.1, -0.05) is 6.92 Å². The third-order valence-electron chi connectivity index (χ3n) is 2.66. The van der Waals surface area contributed by atoms with Crippen molar-refractivity contribution in [2.75, 3.05) is 37.7 Å². The van der Waals surface area contributed by atoms with E-state index < -0.39 is 9.84 Å². The highest BCUT2D eigenvalue weighted by Gasteiger charge is 2.25. The number of likely N-dealkylation sites (tertiary alicyclic amines) is 1. The summed E-state index contributed by atoms with van der Waals surface area (Å²) in [6.45, 7) is 4.62. The van der Waals surface area contributed by atoms with E-state index in [2.05, 4.69) is 4.90 Å². The van der Waals surface area contributed by atoms with Crippen LogP contribution in [-0.2, 0) is 9.84 Å². The van der Waals surface area contributed by atoms with E-state index in [1.165, 1.54) is 0 Å². The zero-order valence-electron chi connectivity index (χ0n) is 8.65. The first-order chi connectivity index (χ1) is 6.57. The van der Waals surface area contributed by atoms with Crippen LogP contribution in [0.5, 0.6) is 0 Å². The van der Waals surface area contributed by atoms with Crippen LogP contribution >= 0.6 is 0 Å². The molecule has 0 aromatic heterocycles. The molecule has 14 heavy (non-hydrogen) atoms. The third-order valence-corrected chi connectivity index (χ3v) is 4.45. The highest BCUT2D eigenvalue weighted by Crippen LogP contribution is 2.14. The lowest BCUT2D eigenvalue weighted by atomic mass is 10.0. The Labute approximate surface area is 85.8 Å². The van der Waals surface area contributed by atoms with Crippen LogP contribution in [0.2, 0.25) is 0 Å². The second kappa shape index (κ2) is 5.09. The molecule has 1 N–H and O–H groups in total. The number of aliphatic hydroxyl groups excluding tert-OH is 1. The molecule has 0 amide bonds. The molecule has 1 heterocycles. The lowest BCUT2D eigenvalue weighted by Crippen LogP contribution is -2.48. The van der Waals surface area contributed by atoms with Crippen molar-refractivity contribution in [3.63, 3.8) is 0 Å². The van der Waals surface area contributed by atoms with Crippen LogP contribution in [0.4, 0.5) is 0 Å². The van der Waals surface area contributed by atoms with Crippen molar-refractivity contribution in [3.8, 4) is 0 Å². The molecule has 1 aliphatic heterocycles. The van der Waals surface area contributed by atoms with Crippen LogP contribution in [0, 0.1) is 5.92 Å². The summed E-state index contributed by atoms with van der Waals surface area (Å²) in [7, 11) is -2.79. The topological polar surface area (TPSA) is 57.6 Å². The second-order valence-electron chi connectivity index (χ2n) is 3.90. The molecule has 0 spiro atoms. The van der Waals surface area contributed by atoms with E-state index in [1.807, 2.05) is 0 Å². The van der Waals surface area contributed by atoms with Gasteiger partial charge in [0.2, 0.25) is 0 Å². The van der Waals surface area contributed by atoms with E-state index in [0.29, 0.717) is 18.1 Å². The number of aliphatic hydroxyl groups is 1. The normalized spacial score (nSPS) is 19.6. The predicted molar refractivity (Wildman–Crippen MR) is 56.0 cm³/mol. The number of hydrogen-bond acceptors (Lipinski definition) is 4. The minimum absolute atomic E-state index is 0.242. The second-order valence-corrected chi connectivity index (χ2v) is 6.37. The average Bonchev–Trinajstić information content (AvgIpc) is 2.09. The van der Waals surface area contributed by atoms with Crippen molar-refractivity contribution < 1.29 is 13.5 Å². The fraction of sp³-hybridized carbons (Fsp3) is 1.00. The van der Waals surface area contributed by atoms with Crippen molar-refractivity contribution in [1.82, 2.24) is 4.90 Å². The Kier molecular flexibility index (Phi) is 4.34. The van der Waals surface area contributed by atoms with E-state index in [-0.39, 0.29) is 12.4 Å². The highest BCUT2D eigenvalue weighted by molar-refractivity contribution is 7.91. The molecular formula is C9H19NO3S. The van der Waals surface area contributed by atoms with Gasteiger partial charge in [0.25, 0.3) is 0 Å². The van der Waals surface area contributed by atoms with E-state index >= 15 is 0 Å². The predicted octanol–water partition coefficient (Wildman–Crippen LogP) is -0.265. The van der Waals surface area contributed by atoms with E-state index in [4.69, 9.17) is 5.11 Å². The zero-order valence-corrected chi connectivity index (χ0v) is 9.46. The number of rotatable bonds is 6. The molecule has 1 saturated heterocycles. The van der Waals surface area contributed by atoms with Gasteiger partial charge in [-0.05, 0) is 13.0 Å². The molecule has 0 bridgehead atoms. The van der Waals surface area contributed by atoms with Crippen LogP contribution < -0.4 is 0 Å². The van der Waals surface area contributed by atoms with E-state index in [9.17, 15) is 8.42 Å². The van der Waals surface area contributed by atoms with Crippen LogP contribution in [0.15, 0.2) is 0 Å². The molecule has 0 aliphatic carbocycles. The highest BCUT2D eigenvalue weighted by atomic mass is 32.2. The SMILES string of the molecule is CCS(=O)(=O)CCCN1CC(CO)C1. The number of sulfone groups is 1. The molecular weight excluding hydrogens is 202 g/mol. The largest absolute Gasteiger partial charge is 0.396 e. The Morgan fingerprint density at radius 3 is 2.57 bits per heavy atom. The van der Waals surface area contributed by atoms with Gasteiger partial charge in [0.05, 0.1) is 5.75 Å². The molecule has 4 nitrogen and oxygen atoms in total. The molecule has 0 unspecified atom stereocenters. The summed E-state index contributed by atoms with van der Waals surface area (Å²) in [5, 5.41) is 8.77. The third kappa shape index (κ3) is 3.55. The van der Waals surface area contributed by atoms with Gasteiger partial charge in [0.15, 0.2) is 0 Å². The minimum atomic E-state index is -2.79. The Morgan fingerprint density at radius 1 is 1.43 bits per heavy atom. The lowest BCUT2D eigenvalue weighted by Gasteiger charge is -2.38. The van der Waals surface area contributed by atoms with Gasteiger partial charge in [-0.25, -0.2) is 8.42 Å². The average molecular weight is 221 g/mol. The Morgan fingerprint density at radius 2 is 2.07 bits per heavy atom. The summed E-state index contributed by atoms with van der Waals surface area (Å²) in [5.41, 5.74) is 0. The van der Waals surface area contributed by atoms with Crippen molar-refractivity contribution >= 4 is 9.84 Å². The molecule has 0 radical (unpaired) electrons. The van der Waals surface area contributed by atoms with Crippen LogP contribution in [0.1, 0.15) is 13.3 Å². The Balaban J connectivity index is 2.06. The van der Waals surface area contributed by atoms with Crippen molar-refractivity contribution in [2.45, 2.75) is 13.3 Å². The summed E-state index contributed by atoms with van der Waals surface area (Å²) in [4.78, 5) is 2.19. The molecule has 0 saturated carbocycles. The van der Waals surface area contributed by atoms with E-state index in [1.54, 1.807) is 6.92 Å². The fourth-order valence-corrected chi connectivity index (χ4v) is 2.48. The van der Waals surface area contributed by atoms with Gasteiger partial charge in [0, 0.05) is 31.4 Å². The van der Waals surface area contributed by atoms with Gasteiger partial charge in [-0.2, -0.15) is 0 Å². The maximum atomic E-state index is 11.1. The van der Waals surface area contributed by atoms with E-state index in [0.717, 1.165) is 19.6 Å². The van der Waals surface area contributed by atoms with Crippen molar-refractivity contribution in [1.29, 1.82) is 0 Å². The van der Waals surface area contributed by atoms with Crippen LogP contribution in [0.25, 0.3) is 0 Å². The molecule has 0 atom stereocenters. The number of hydrogen-bond donors (Lipinski definition) is 1. The van der Waals surface area contributed by atoms with Crippen LogP contribution in [0.3, 0.4) is 0 Å². The van der Waals surface area contributed by atoms with Gasteiger partial charge in [-0.15, -0.1) is 0 Å². The first kappa shape index (κ1) is 11.9. The van der Waals surface area contributed by atoms with Crippen LogP contribution in [-0.4, -0.2) is 56.2 Å². The standard InChI is InChI=1S/C9H19NO3S/c1-2-14(12,13)5-3-4-10-6-9(7-10)8-11/h9,11H,2-8H2,1H3. The summed E-state index contributed by atoms with van der Waals surface area (Å²) in [6, 6.07) is 0. The quantitative estimate of drug-likeness (QED) is 0.671. The fourth-order valence-electron chi connectivity index (χ4n) is 1.63. The van der Waals surface area contributed by atoms with Gasteiger partial charge in [-0.3, -0.25) is 0 Å². The molecule has 0 aromatic carbocycles. The van der Waals surface area contributed by atoms with Crippen molar-refractivity contribution in [2.24, 2.45) is 5.92 Å². The molecule has 1 aliphatic rings. The van der Waals surface area contributed by atoms with Gasteiger partial charge < -0.3 is 10.0 Å². The first-order valence-electron chi connectivity index (χ1n) is 5.11. The van der Waals surface area contributed by atoms with Gasteiger partial charge in [0.1, 0.15) is 9.84 Å². The smallest absolute Gasteiger partial charge is 0.150 e. The maximum Gasteiger partial charge on any atom is 0.150 e. The number of nitrogens with zero attached hydrogens (tertiary/aromatic N) is 1. The molecule has 1 rings (SSSR count). The Bertz CT molecular complexity index is 257. The zero-order chi connectivity index (χ0) is 10.6. The van der Waals surface area contributed by atoms with Crippen molar-refractivity contribution in [3.05, 3.63) is 0 Å². The Hall–Kier alpha value is -0.130. The monoisotopic (exact) mass is 221 g/mol. The molecule has 5 heteroatoms. The summed E-state index contributed by atoms with van der Waals surface area (Å²) in [5.74, 6) is 0.952.